The van der Waals surface area contributed by atoms with Gasteiger partial charge in [0.2, 0.25) is 0 Å². The van der Waals surface area contributed by atoms with Crippen molar-refractivity contribution >= 4 is 22.5 Å². The normalized spacial score (nSPS) is 17.6. The number of aromatic nitrogens is 1. The van der Waals surface area contributed by atoms with Gasteiger partial charge in [0.1, 0.15) is 5.82 Å². The second-order valence-electron chi connectivity index (χ2n) is 7.25. The average molecular weight is 358 g/mol. The summed E-state index contributed by atoms with van der Waals surface area (Å²) in [5.41, 5.74) is 2.03. The molecular formula is C22H22N4O. The minimum absolute atomic E-state index is 0.155. The van der Waals surface area contributed by atoms with E-state index in [1.165, 1.54) is 16.3 Å². The SMILES string of the molecule is O=C1c2ccc3ccccc3c2CN1CN1CCN(c2ccccn2)CC1. The molecule has 5 heteroatoms. The van der Waals surface area contributed by atoms with E-state index >= 15 is 0 Å². The van der Waals surface area contributed by atoms with Gasteiger partial charge in [-0.15, -0.1) is 0 Å². The number of carbonyl (C=O) groups is 1. The highest BCUT2D eigenvalue weighted by Gasteiger charge is 2.30. The first kappa shape index (κ1) is 16.3. The third-order valence-electron chi connectivity index (χ3n) is 5.62. The summed E-state index contributed by atoms with van der Waals surface area (Å²) >= 11 is 0. The standard InChI is InChI=1S/C22H22N4O/c27-22-19-9-8-17-5-1-2-6-18(17)20(19)15-26(22)16-24-11-13-25(14-12-24)21-7-3-4-10-23-21/h1-10H,11-16H2. The van der Waals surface area contributed by atoms with Gasteiger partial charge in [-0.05, 0) is 34.5 Å². The minimum Gasteiger partial charge on any atom is -0.354 e. The van der Waals surface area contributed by atoms with Gasteiger partial charge in [0, 0.05) is 44.5 Å². The van der Waals surface area contributed by atoms with Gasteiger partial charge < -0.3 is 9.80 Å². The average Bonchev–Trinajstić information content (AvgIpc) is 3.05. The van der Waals surface area contributed by atoms with E-state index in [2.05, 4.69) is 39.0 Å². The lowest BCUT2D eigenvalue weighted by Gasteiger charge is -2.37. The molecule has 3 aromatic rings. The zero-order valence-corrected chi connectivity index (χ0v) is 15.2. The zero-order valence-electron chi connectivity index (χ0n) is 15.2. The smallest absolute Gasteiger partial charge is 0.255 e. The van der Waals surface area contributed by atoms with E-state index in [0.29, 0.717) is 13.2 Å². The zero-order chi connectivity index (χ0) is 18.2. The molecule has 0 spiro atoms. The molecule has 0 N–H and O–H groups in total. The van der Waals surface area contributed by atoms with Crippen molar-refractivity contribution in [2.24, 2.45) is 0 Å². The fraction of sp³-hybridized carbons (Fsp3) is 0.273. The highest BCUT2D eigenvalue weighted by Crippen LogP contribution is 2.30. The van der Waals surface area contributed by atoms with Crippen molar-refractivity contribution in [1.82, 2.24) is 14.8 Å². The molecule has 2 aliphatic heterocycles. The van der Waals surface area contributed by atoms with E-state index in [9.17, 15) is 4.79 Å². The van der Waals surface area contributed by atoms with Crippen molar-refractivity contribution in [3.63, 3.8) is 0 Å². The minimum atomic E-state index is 0.155. The predicted molar refractivity (Wildman–Crippen MR) is 107 cm³/mol. The topological polar surface area (TPSA) is 39.7 Å². The molecule has 2 aliphatic rings. The fourth-order valence-electron chi connectivity index (χ4n) is 4.15. The van der Waals surface area contributed by atoms with E-state index in [1.54, 1.807) is 0 Å². The van der Waals surface area contributed by atoms with Gasteiger partial charge in [-0.1, -0.05) is 36.4 Å². The molecule has 1 fully saturated rings. The Kier molecular flexibility index (Phi) is 4.02. The highest BCUT2D eigenvalue weighted by molar-refractivity contribution is 6.04. The number of pyridine rings is 1. The number of piperazine rings is 1. The lowest BCUT2D eigenvalue weighted by Crippen LogP contribution is -2.50. The lowest BCUT2D eigenvalue weighted by atomic mass is 10.0. The molecule has 0 saturated carbocycles. The molecule has 0 unspecified atom stereocenters. The van der Waals surface area contributed by atoms with E-state index in [1.807, 2.05) is 41.4 Å². The van der Waals surface area contributed by atoms with Crippen LogP contribution in [0.4, 0.5) is 5.82 Å². The third-order valence-corrected chi connectivity index (χ3v) is 5.62. The number of amides is 1. The van der Waals surface area contributed by atoms with Crippen LogP contribution >= 0.6 is 0 Å². The molecule has 136 valence electrons. The molecule has 1 saturated heterocycles. The van der Waals surface area contributed by atoms with E-state index < -0.39 is 0 Å². The fourth-order valence-corrected chi connectivity index (χ4v) is 4.15. The Bertz CT molecular complexity index is 980. The number of nitrogens with zero attached hydrogens (tertiary/aromatic N) is 4. The first-order valence-corrected chi connectivity index (χ1v) is 9.48. The number of fused-ring (bicyclic) bond motifs is 3. The summed E-state index contributed by atoms with van der Waals surface area (Å²) in [6.07, 6.45) is 1.84. The van der Waals surface area contributed by atoms with Crippen LogP contribution in [0.2, 0.25) is 0 Å². The van der Waals surface area contributed by atoms with Gasteiger partial charge in [-0.25, -0.2) is 4.98 Å². The molecular weight excluding hydrogens is 336 g/mol. The first-order valence-electron chi connectivity index (χ1n) is 9.48. The molecule has 1 amide bonds. The van der Waals surface area contributed by atoms with E-state index in [4.69, 9.17) is 0 Å². The van der Waals surface area contributed by atoms with Crippen molar-refractivity contribution in [2.75, 3.05) is 37.7 Å². The number of benzene rings is 2. The third kappa shape index (κ3) is 2.94. The predicted octanol–water partition coefficient (Wildman–Crippen LogP) is 2.97. The maximum atomic E-state index is 12.9. The Morgan fingerprint density at radius 1 is 0.889 bits per heavy atom. The van der Waals surface area contributed by atoms with Crippen LogP contribution in [-0.4, -0.2) is 53.5 Å². The summed E-state index contributed by atoms with van der Waals surface area (Å²) in [6.45, 7) is 5.16. The van der Waals surface area contributed by atoms with Crippen molar-refractivity contribution in [3.8, 4) is 0 Å². The van der Waals surface area contributed by atoms with Crippen LogP contribution in [0.3, 0.4) is 0 Å². The Morgan fingerprint density at radius 2 is 1.70 bits per heavy atom. The molecule has 27 heavy (non-hydrogen) atoms. The van der Waals surface area contributed by atoms with Gasteiger partial charge in [0.25, 0.3) is 5.91 Å². The Labute approximate surface area is 158 Å². The van der Waals surface area contributed by atoms with E-state index in [-0.39, 0.29) is 5.91 Å². The summed E-state index contributed by atoms with van der Waals surface area (Å²) in [4.78, 5) is 24.0. The van der Waals surface area contributed by atoms with Crippen LogP contribution in [0.1, 0.15) is 15.9 Å². The lowest BCUT2D eigenvalue weighted by molar-refractivity contribution is 0.0639. The molecule has 5 nitrogen and oxygen atoms in total. The van der Waals surface area contributed by atoms with Gasteiger partial charge in [0.05, 0.1) is 6.67 Å². The van der Waals surface area contributed by atoms with Crippen molar-refractivity contribution in [3.05, 3.63) is 71.9 Å². The van der Waals surface area contributed by atoms with Crippen LogP contribution in [0.5, 0.6) is 0 Å². The van der Waals surface area contributed by atoms with Crippen LogP contribution in [-0.2, 0) is 6.54 Å². The molecule has 3 heterocycles. The first-order chi connectivity index (χ1) is 13.3. The Hall–Kier alpha value is -2.92. The van der Waals surface area contributed by atoms with Gasteiger partial charge in [-0.3, -0.25) is 9.69 Å². The number of rotatable bonds is 3. The molecule has 1 aromatic heterocycles. The van der Waals surface area contributed by atoms with Crippen LogP contribution in [0.15, 0.2) is 60.8 Å². The molecule has 0 radical (unpaired) electrons. The number of anilines is 1. The molecule has 0 aliphatic carbocycles. The van der Waals surface area contributed by atoms with Gasteiger partial charge in [0.15, 0.2) is 0 Å². The quantitative estimate of drug-likeness (QED) is 0.722. The number of hydrogen-bond acceptors (Lipinski definition) is 4. The Morgan fingerprint density at radius 3 is 2.52 bits per heavy atom. The Balaban J connectivity index is 1.27. The number of carbonyl (C=O) groups excluding carboxylic acids is 1. The summed E-state index contributed by atoms with van der Waals surface area (Å²) in [7, 11) is 0. The molecule has 0 bridgehead atoms. The largest absolute Gasteiger partial charge is 0.354 e. The van der Waals surface area contributed by atoms with Crippen molar-refractivity contribution in [1.29, 1.82) is 0 Å². The second kappa shape index (κ2) is 6.67. The van der Waals surface area contributed by atoms with Gasteiger partial charge in [-0.2, -0.15) is 0 Å². The summed E-state index contributed by atoms with van der Waals surface area (Å²) in [5.74, 6) is 1.19. The molecule has 5 rings (SSSR count). The van der Waals surface area contributed by atoms with Gasteiger partial charge >= 0.3 is 0 Å². The molecule has 0 atom stereocenters. The summed E-state index contributed by atoms with van der Waals surface area (Å²) in [6, 6.07) is 18.4. The van der Waals surface area contributed by atoms with Crippen LogP contribution in [0, 0.1) is 0 Å². The number of hydrogen-bond donors (Lipinski definition) is 0. The summed E-state index contributed by atoms with van der Waals surface area (Å²) < 4.78 is 0. The molecule has 2 aromatic carbocycles. The maximum absolute atomic E-state index is 12.9. The van der Waals surface area contributed by atoms with Crippen molar-refractivity contribution < 1.29 is 4.79 Å². The van der Waals surface area contributed by atoms with Crippen LogP contribution in [0.25, 0.3) is 10.8 Å². The highest BCUT2D eigenvalue weighted by atomic mass is 16.2. The van der Waals surface area contributed by atoms with Crippen molar-refractivity contribution in [2.45, 2.75) is 6.54 Å². The maximum Gasteiger partial charge on any atom is 0.255 e. The second-order valence-corrected chi connectivity index (χ2v) is 7.25. The van der Waals surface area contributed by atoms with E-state index in [0.717, 1.165) is 37.6 Å². The summed E-state index contributed by atoms with van der Waals surface area (Å²) in [5, 5.41) is 2.40. The van der Waals surface area contributed by atoms with Crippen LogP contribution < -0.4 is 4.90 Å². The monoisotopic (exact) mass is 358 g/mol.